The molecule has 0 unspecified atom stereocenters. The first-order chi connectivity index (χ1) is 12.8. The van der Waals surface area contributed by atoms with Gasteiger partial charge in [-0.25, -0.2) is 0 Å². The summed E-state index contributed by atoms with van der Waals surface area (Å²) in [5.41, 5.74) is 3.73. The third-order valence-electron chi connectivity index (χ3n) is 4.43. The van der Waals surface area contributed by atoms with Gasteiger partial charge in [-0.3, -0.25) is 4.98 Å². The van der Waals surface area contributed by atoms with Crippen molar-refractivity contribution in [2.75, 3.05) is 0 Å². The minimum absolute atomic E-state index is 0.0508. The topological polar surface area (TPSA) is 72.0 Å². The molecule has 0 radical (unpaired) electrons. The molecule has 0 amide bonds. The quantitative estimate of drug-likeness (QED) is 0.573. The van der Waals surface area contributed by atoms with Gasteiger partial charge in [-0.1, -0.05) is 47.6 Å². The third kappa shape index (κ3) is 3.34. The van der Waals surface area contributed by atoms with E-state index >= 15 is 0 Å². The van der Waals surface area contributed by atoms with Crippen molar-refractivity contribution in [2.45, 2.75) is 25.9 Å². The minimum Gasteiger partial charge on any atom is -0.392 e. The van der Waals surface area contributed by atoms with E-state index in [0.717, 1.165) is 41.3 Å². The number of rotatable bonds is 6. The Hall–Kier alpha value is -3.05. The van der Waals surface area contributed by atoms with Crippen LogP contribution in [-0.4, -0.2) is 20.2 Å². The van der Waals surface area contributed by atoms with E-state index < -0.39 is 0 Å². The molecule has 0 saturated carbocycles. The van der Waals surface area contributed by atoms with Crippen LogP contribution in [0.5, 0.6) is 0 Å². The standard InChI is InChI=1S/C21H19N3O2/c25-14-16-11-12-18(17-9-5-13-22-20(16)17)21-23-19(26-24-21)10-4-8-15-6-2-1-3-7-15/h1-3,5-7,9,11-13,25H,4,8,10,14H2. The van der Waals surface area contributed by atoms with Crippen LogP contribution in [-0.2, 0) is 19.4 Å². The van der Waals surface area contributed by atoms with E-state index in [9.17, 15) is 5.11 Å². The van der Waals surface area contributed by atoms with Gasteiger partial charge in [0.15, 0.2) is 0 Å². The summed E-state index contributed by atoms with van der Waals surface area (Å²) in [6, 6.07) is 18.0. The van der Waals surface area contributed by atoms with Gasteiger partial charge in [0.2, 0.25) is 11.7 Å². The summed E-state index contributed by atoms with van der Waals surface area (Å²) in [5, 5.41) is 14.6. The molecule has 0 saturated heterocycles. The molecule has 2 aromatic carbocycles. The molecular weight excluding hydrogens is 326 g/mol. The lowest BCUT2D eigenvalue weighted by atomic mass is 10.0. The second-order valence-corrected chi connectivity index (χ2v) is 6.18. The lowest BCUT2D eigenvalue weighted by Crippen LogP contribution is -1.93. The highest BCUT2D eigenvalue weighted by atomic mass is 16.5. The van der Waals surface area contributed by atoms with Crippen molar-refractivity contribution in [3.63, 3.8) is 0 Å². The number of fused-ring (bicyclic) bond motifs is 1. The summed E-state index contributed by atoms with van der Waals surface area (Å²) >= 11 is 0. The molecule has 1 N–H and O–H groups in total. The highest BCUT2D eigenvalue weighted by Gasteiger charge is 2.13. The van der Waals surface area contributed by atoms with Crippen LogP contribution in [0.2, 0.25) is 0 Å². The Morgan fingerprint density at radius 3 is 2.65 bits per heavy atom. The van der Waals surface area contributed by atoms with E-state index in [0.29, 0.717) is 11.7 Å². The molecule has 130 valence electrons. The fourth-order valence-electron chi connectivity index (χ4n) is 3.11. The summed E-state index contributed by atoms with van der Waals surface area (Å²) in [7, 11) is 0. The second-order valence-electron chi connectivity index (χ2n) is 6.18. The van der Waals surface area contributed by atoms with E-state index in [1.54, 1.807) is 6.20 Å². The molecule has 4 aromatic rings. The highest BCUT2D eigenvalue weighted by molar-refractivity contribution is 5.94. The number of aromatic nitrogens is 3. The number of nitrogens with zero attached hydrogens (tertiary/aromatic N) is 3. The van der Waals surface area contributed by atoms with Crippen molar-refractivity contribution < 1.29 is 9.63 Å². The minimum atomic E-state index is -0.0508. The number of aliphatic hydroxyl groups excluding tert-OH is 1. The number of hydrogen-bond acceptors (Lipinski definition) is 5. The van der Waals surface area contributed by atoms with E-state index in [4.69, 9.17) is 4.52 Å². The smallest absolute Gasteiger partial charge is 0.226 e. The summed E-state index contributed by atoms with van der Waals surface area (Å²) in [6.45, 7) is -0.0508. The molecule has 0 aliphatic rings. The number of aryl methyl sites for hydroxylation is 2. The molecule has 2 heterocycles. The first-order valence-corrected chi connectivity index (χ1v) is 8.69. The lowest BCUT2D eigenvalue weighted by Gasteiger charge is -2.06. The predicted octanol–water partition coefficient (Wildman–Crippen LogP) is 3.95. The molecule has 0 aliphatic carbocycles. The van der Waals surface area contributed by atoms with Crippen molar-refractivity contribution >= 4 is 10.9 Å². The summed E-state index contributed by atoms with van der Waals surface area (Å²) in [4.78, 5) is 8.93. The van der Waals surface area contributed by atoms with Crippen LogP contribution < -0.4 is 0 Å². The van der Waals surface area contributed by atoms with Gasteiger partial charge in [0.1, 0.15) is 0 Å². The van der Waals surface area contributed by atoms with Crippen molar-refractivity contribution in [3.8, 4) is 11.4 Å². The second kappa shape index (κ2) is 7.45. The average molecular weight is 345 g/mol. The molecule has 2 aromatic heterocycles. The van der Waals surface area contributed by atoms with Gasteiger partial charge in [-0.05, 0) is 30.5 Å². The molecule has 5 nitrogen and oxygen atoms in total. The van der Waals surface area contributed by atoms with Crippen LogP contribution in [0, 0.1) is 0 Å². The maximum atomic E-state index is 9.50. The zero-order chi connectivity index (χ0) is 17.8. The van der Waals surface area contributed by atoms with Crippen LogP contribution >= 0.6 is 0 Å². The van der Waals surface area contributed by atoms with Crippen LogP contribution in [0.4, 0.5) is 0 Å². The van der Waals surface area contributed by atoms with E-state index in [1.807, 2.05) is 30.3 Å². The SMILES string of the molecule is OCc1ccc(-c2noc(CCCc3ccccc3)n2)c2cccnc12. The zero-order valence-corrected chi connectivity index (χ0v) is 14.3. The molecule has 0 bridgehead atoms. The maximum Gasteiger partial charge on any atom is 0.226 e. The van der Waals surface area contributed by atoms with Crippen molar-refractivity contribution in [1.29, 1.82) is 0 Å². The normalized spacial score (nSPS) is 11.1. The van der Waals surface area contributed by atoms with Gasteiger partial charge in [-0.15, -0.1) is 0 Å². The molecule has 5 heteroatoms. The van der Waals surface area contributed by atoms with Gasteiger partial charge in [0.05, 0.1) is 12.1 Å². The Kier molecular flexibility index (Phi) is 4.71. The van der Waals surface area contributed by atoms with Crippen molar-refractivity contribution in [2.24, 2.45) is 0 Å². The van der Waals surface area contributed by atoms with E-state index in [-0.39, 0.29) is 6.61 Å². The van der Waals surface area contributed by atoms with Gasteiger partial charge in [0.25, 0.3) is 0 Å². The number of pyridine rings is 1. The Bertz CT molecular complexity index is 1010. The molecule has 0 atom stereocenters. The predicted molar refractivity (Wildman–Crippen MR) is 99.4 cm³/mol. The van der Waals surface area contributed by atoms with Crippen molar-refractivity contribution in [1.82, 2.24) is 15.1 Å². The molecule has 0 aliphatic heterocycles. The number of hydrogen-bond donors (Lipinski definition) is 1. The maximum absolute atomic E-state index is 9.50. The van der Waals surface area contributed by atoms with Crippen molar-refractivity contribution in [3.05, 3.63) is 77.8 Å². The first-order valence-electron chi connectivity index (χ1n) is 8.69. The first kappa shape index (κ1) is 16.4. The Balaban J connectivity index is 1.54. The molecule has 0 spiro atoms. The van der Waals surface area contributed by atoms with Gasteiger partial charge >= 0.3 is 0 Å². The zero-order valence-electron chi connectivity index (χ0n) is 14.3. The summed E-state index contributed by atoms with van der Waals surface area (Å²) in [6.07, 6.45) is 4.40. The van der Waals surface area contributed by atoms with Gasteiger partial charge in [0, 0.05) is 29.1 Å². The molecular formula is C21H19N3O2. The fourth-order valence-corrected chi connectivity index (χ4v) is 3.11. The van der Waals surface area contributed by atoms with Crippen LogP contribution in [0.25, 0.3) is 22.3 Å². The summed E-state index contributed by atoms with van der Waals surface area (Å²) in [5.74, 6) is 1.20. The van der Waals surface area contributed by atoms with Crippen LogP contribution in [0.15, 0.2) is 65.3 Å². The fraction of sp³-hybridized carbons (Fsp3) is 0.190. The number of aliphatic hydroxyl groups is 1. The molecule has 26 heavy (non-hydrogen) atoms. The van der Waals surface area contributed by atoms with E-state index in [2.05, 4.69) is 39.4 Å². The Labute approximate surface area is 151 Å². The van der Waals surface area contributed by atoms with Gasteiger partial charge in [-0.2, -0.15) is 4.98 Å². The number of benzene rings is 2. The monoisotopic (exact) mass is 345 g/mol. The van der Waals surface area contributed by atoms with Crippen LogP contribution in [0.3, 0.4) is 0 Å². The van der Waals surface area contributed by atoms with Gasteiger partial charge < -0.3 is 9.63 Å². The lowest BCUT2D eigenvalue weighted by molar-refractivity contribution is 0.283. The average Bonchev–Trinajstić information content (AvgIpc) is 3.16. The summed E-state index contributed by atoms with van der Waals surface area (Å²) < 4.78 is 5.43. The largest absolute Gasteiger partial charge is 0.392 e. The van der Waals surface area contributed by atoms with Crippen LogP contribution in [0.1, 0.15) is 23.4 Å². The third-order valence-corrected chi connectivity index (χ3v) is 4.43. The molecule has 0 fully saturated rings. The van der Waals surface area contributed by atoms with E-state index in [1.165, 1.54) is 5.56 Å². The highest BCUT2D eigenvalue weighted by Crippen LogP contribution is 2.28. The molecule has 4 rings (SSSR count). The Morgan fingerprint density at radius 1 is 0.923 bits per heavy atom. The Morgan fingerprint density at radius 2 is 1.81 bits per heavy atom.